The SMILES string of the molecule is Fc1cccc(NCc2ccc(Br)[nH]2)c1. The summed E-state index contributed by atoms with van der Waals surface area (Å²) < 4.78 is 13.8. The zero-order chi connectivity index (χ0) is 10.7. The molecule has 0 bridgehead atoms. The van der Waals surface area contributed by atoms with Gasteiger partial charge in [0.15, 0.2) is 0 Å². The van der Waals surface area contributed by atoms with Gasteiger partial charge in [-0.1, -0.05) is 6.07 Å². The molecule has 2 N–H and O–H groups in total. The molecule has 2 rings (SSSR count). The Bertz CT molecular complexity index is 453. The van der Waals surface area contributed by atoms with E-state index in [1.54, 1.807) is 6.07 Å². The van der Waals surface area contributed by atoms with Gasteiger partial charge in [-0.05, 0) is 46.3 Å². The molecule has 78 valence electrons. The Morgan fingerprint density at radius 2 is 2.13 bits per heavy atom. The maximum Gasteiger partial charge on any atom is 0.125 e. The molecular formula is C11H10BrFN2. The summed E-state index contributed by atoms with van der Waals surface area (Å²) in [6, 6.07) is 10.3. The summed E-state index contributed by atoms with van der Waals surface area (Å²) in [5.74, 6) is -0.229. The van der Waals surface area contributed by atoms with Gasteiger partial charge in [0.2, 0.25) is 0 Å². The zero-order valence-electron chi connectivity index (χ0n) is 7.93. The summed E-state index contributed by atoms with van der Waals surface area (Å²) in [7, 11) is 0. The van der Waals surface area contributed by atoms with Gasteiger partial charge in [0.1, 0.15) is 5.82 Å². The van der Waals surface area contributed by atoms with Gasteiger partial charge in [-0.15, -0.1) is 0 Å². The normalized spacial score (nSPS) is 10.3. The van der Waals surface area contributed by atoms with Crippen LogP contribution in [0, 0.1) is 5.82 Å². The van der Waals surface area contributed by atoms with Gasteiger partial charge in [0.05, 0.1) is 11.1 Å². The number of anilines is 1. The zero-order valence-corrected chi connectivity index (χ0v) is 9.51. The number of hydrogen-bond acceptors (Lipinski definition) is 1. The summed E-state index contributed by atoms with van der Waals surface area (Å²) >= 11 is 3.33. The lowest BCUT2D eigenvalue weighted by Gasteiger charge is -2.04. The molecule has 1 aromatic heterocycles. The highest BCUT2D eigenvalue weighted by molar-refractivity contribution is 9.10. The highest BCUT2D eigenvalue weighted by atomic mass is 79.9. The molecule has 0 radical (unpaired) electrons. The fraction of sp³-hybridized carbons (Fsp3) is 0.0909. The van der Waals surface area contributed by atoms with Crippen molar-refractivity contribution in [3.8, 4) is 0 Å². The van der Waals surface area contributed by atoms with Gasteiger partial charge >= 0.3 is 0 Å². The van der Waals surface area contributed by atoms with Crippen molar-refractivity contribution in [3.63, 3.8) is 0 Å². The number of aromatic amines is 1. The second-order valence-corrected chi connectivity index (χ2v) is 4.05. The Morgan fingerprint density at radius 3 is 2.80 bits per heavy atom. The van der Waals surface area contributed by atoms with Crippen molar-refractivity contribution in [2.24, 2.45) is 0 Å². The number of benzene rings is 1. The molecule has 2 nitrogen and oxygen atoms in total. The van der Waals surface area contributed by atoms with E-state index < -0.39 is 0 Å². The third-order valence-electron chi connectivity index (χ3n) is 2.02. The molecule has 0 unspecified atom stereocenters. The fourth-order valence-corrected chi connectivity index (χ4v) is 1.70. The fourth-order valence-electron chi connectivity index (χ4n) is 1.31. The number of halogens is 2. The van der Waals surface area contributed by atoms with Crippen molar-refractivity contribution < 1.29 is 4.39 Å². The van der Waals surface area contributed by atoms with Crippen molar-refractivity contribution >= 4 is 21.6 Å². The van der Waals surface area contributed by atoms with Gasteiger partial charge in [-0.2, -0.15) is 0 Å². The molecule has 4 heteroatoms. The van der Waals surface area contributed by atoms with Gasteiger partial charge in [0, 0.05) is 11.4 Å². The summed E-state index contributed by atoms with van der Waals surface area (Å²) in [6.07, 6.45) is 0. The molecule has 1 heterocycles. The van der Waals surface area contributed by atoms with Crippen LogP contribution in [0.2, 0.25) is 0 Å². The lowest BCUT2D eigenvalue weighted by Crippen LogP contribution is -1.99. The van der Waals surface area contributed by atoms with Gasteiger partial charge in [-0.25, -0.2) is 4.39 Å². The molecule has 0 aliphatic heterocycles. The van der Waals surface area contributed by atoms with Crippen LogP contribution in [0.15, 0.2) is 41.0 Å². The highest BCUT2D eigenvalue weighted by Crippen LogP contribution is 2.12. The van der Waals surface area contributed by atoms with E-state index in [-0.39, 0.29) is 5.82 Å². The average molecular weight is 269 g/mol. The van der Waals surface area contributed by atoms with Crippen molar-refractivity contribution in [3.05, 3.63) is 52.5 Å². The standard InChI is InChI=1S/C11H10BrFN2/c12-11-5-4-10(15-11)7-14-9-3-1-2-8(13)6-9/h1-6,14-15H,7H2. The lowest BCUT2D eigenvalue weighted by atomic mass is 10.3. The smallest absolute Gasteiger partial charge is 0.125 e. The Kier molecular flexibility index (Phi) is 3.06. The maximum absolute atomic E-state index is 12.8. The second kappa shape index (κ2) is 4.49. The number of nitrogens with one attached hydrogen (secondary N) is 2. The van der Waals surface area contributed by atoms with Crippen LogP contribution in [-0.2, 0) is 6.54 Å². The third-order valence-corrected chi connectivity index (χ3v) is 2.48. The minimum absolute atomic E-state index is 0.229. The molecule has 0 saturated heterocycles. The van der Waals surface area contributed by atoms with Crippen LogP contribution in [0.4, 0.5) is 10.1 Å². The molecule has 1 aromatic carbocycles. The third kappa shape index (κ3) is 2.83. The summed E-state index contributed by atoms with van der Waals surface area (Å²) in [6.45, 7) is 0.648. The molecular weight excluding hydrogens is 259 g/mol. The van der Waals surface area contributed by atoms with Crippen LogP contribution < -0.4 is 5.32 Å². The Labute approximate surface area is 95.6 Å². The predicted octanol–water partition coefficient (Wildman–Crippen LogP) is 3.53. The molecule has 2 aromatic rings. The molecule has 0 spiro atoms. The minimum Gasteiger partial charge on any atom is -0.379 e. The molecule has 0 aliphatic carbocycles. The van der Waals surface area contributed by atoms with Crippen LogP contribution in [-0.4, -0.2) is 4.98 Å². The minimum atomic E-state index is -0.229. The van der Waals surface area contributed by atoms with Gasteiger partial charge in [0.25, 0.3) is 0 Å². The van der Waals surface area contributed by atoms with E-state index in [0.717, 1.165) is 16.0 Å². The first-order chi connectivity index (χ1) is 7.24. The number of hydrogen-bond donors (Lipinski definition) is 2. The first-order valence-electron chi connectivity index (χ1n) is 4.57. The number of aromatic nitrogens is 1. The van der Waals surface area contributed by atoms with Crippen molar-refractivity contribution in [1.29, 1.82) is 0 Å². The number of rotatable bonds is 3. The first kappa shape index (κ1) is 10.2. The summed E-state index contributed by atoms with van der Waals surface area (Å²) in [5, 5.41) is 3.12. The monoisotopic (exact) mass is 268 g/mol. The van der Waals surface area contributed by atoms with E-state index in [4.69, 9.17) is 0 Å². The predicted molar refractivity (Wildman–Crippen MR) is 62.2 cm³/mol. The lowest BCUT2D eigenvalue weighted by molar-refractivity contribution is 0.628. The molecule has 15 heavy (non-hydrogen) atoms. The molecule has 0 amide bonds. The maximum atomic E-state index is 12.8. The van der Waals surface area contributed by atoms with E-state index in [1.165, 1.54) is 12.1 Å². The van der Waals surface area contributed by atoms with Gasteiger partial charge < -0.3 is 10.3 Å². The van der Waals surface area contributed by atoms with Crippen molar-refractivity contribution in [1.82, 2.24) is 4.98 Å². The molecule has 0 saturated carbocycles. The topological polar surface area (TPSA) is 27.8 Å². The summed E-state index contributed by atoms with van der Waals surface area (Å²) in [5.41, 5.74) is 1.83. The van der Waals surface area contributed by atoms with Crippen LogP contribution >= 0.6 is 15.9 Å². The Hall–Kier alpha value is -1.29. The van der Waals surface area contributed by atoms with Crippen LogP contribution in [0.1, 0.15) is 5.69 Å². The van der Waals surface area contributed by atoms with Crippen LogP contribution in [0.25, 0.3) is 0 Å². The highest BCUT2D eigenvalue weighted by Gasteiger charge is 1.97. The van der Waals surface area contributed by atoms with E-state index in [9.17, 15) is 4.39 Å². The number of H-pyrrole nitrogens is 1. The van der Waals surface area contributed by atoms with Crippen molar-refractivity contribution in [2.45, 2.75) is 6.54 Å². The largest absolute Gasteiger partial charge is 0.379 e. The van der Waals surface area contributed by atoms with Crippen LogP contribution in [0.5, 0.6) is 0 Å². The van der Waals surface area contributed by atoms with E-state index in [2.05, 4.69) is 26.2 Å². The van der Waals surface area contributed by atoms with Crippen LogP contribution in [0.3, 0.4) is 0 Å². The van der Waals surface area contributed by atoms with Crippen molar-refractivity contribution in [2.75, 3.05) is 5.32 Å². The molecule has 0 fully saturated rings. The Morgan fingerprint density at radius 1 is 1.27 bits per heavy atom. The average Bonchev–Trinajstić information content (AvgIpc) is 2.62. The molecule has 0 atom stereocenters. The Balaban J connectivity index is 1.99. The second-order valence-electron chi connectivity index (χ2n) is 3.20. The van der Waals surface area contributed by atoms with E-state index in [1.807, 2.05) is 18.2 Å². The van der Waals surface area contributed by atoms with E-state index in [0.29, 0.717) is 6.54 Å². The first-order valence-corrected chi connectivity index (χ1v) is 5.36. The van der Waals surface area contributed by atoms with Gasteiger partial charge in [-0.3, -0.25) is 0 Å². The van der Waals surface area contributed by atoms with E-state index >= 15 is 0 Å². The quantitative estimate of drug-likeness (QED) is 0.876. The summed E-state index contributed by atoms with van der Waals surface area (Å²) in [4.78, 5) is 3.12. The molecule has 0 aliphatic rings.